The highest BCUT2D eigenvalue weighted by Crippen LogP contribution is 2.31. The Morgan fingerprint density at radius 1 is 1.17 bits per heavy atom. The monoisotopic (exact) mass is 356 g/mol. The van der Waals surface area contributed by atoms with Crippen LogP contribution in [0.4, 0.5) is 18.9 Å². The first-order valence-electron chi connectivity index (χ1n) is 6.37. The lowest BCUT2D eigenvalue weighted by atomic mass is 10.2. The predicted molar refractivity (Wildman–Crippen MR) is 84.0 cm³/mol. The number of thiazole rings is 1. The molecule has 118 valence electrons. The fourth-order valence-corrected chi connectivity index (χ4v) is 2.96. The highest BCUT2D eigenvalue weighted by molar-refractivity contribution is 7.20. The van der Waals surface area contributed by atoms with Crippen LogP contribution in [0.1, 0.15) is 15.4 Å². The average Bonchev–Trinajstić information content (AvgIpc) is 2.90. The second kappa shape index (κ2) is 5.82. The Morgan fingerprint density at radius 2 is 1.96 bits per heavy atom. The van der Waals surface area contributed by atoms with Crippen molar-refractivity contribution in [1.29, 1.82) is 0 Å². The minimum atomic E-state index is -4.46. The molecule has 1 aromatic heterocycles. The standard InChI is InChI=1S/C15H8ClF3N2OS/c16-9-4-5-12-11(7-9)21-14(23-12)13(22)20-10-3-1-2-8(6-10)15(17,18)19/h1-7H,(H,20,22). The number of halogens is 4. The first kappa shape index (κ1) is 15.8. The second-order valence-electron chi connectivity index (χ2n) is 4.66. The van der Waals surface area contributed by atoms with Gasteiger partial charge in [0.2, 0.25) is 0 Å². The number of nitrogens with one attached hydrogen (secondary N) is 1. The van der Waals surface area contributed by atoms with Crippen LogP contribution < -0.4 is 5.32 Å². The van der Waals surface area contributed by atoms with Crippen LogP contribution in [0.5, 0.6) is 0 Å². The summed E-state index contributed by atoms with van der Waals surface area (Å²) in [7, 11) is 0. The lowest BCUT2D eigenvalue weighted by Gasteiger charge is -2.09. The molecule has 0 aliphatic rings. The zero-order valence-electron chi connectivity index (χ0n) is 11.3. The quantitative estimate of drug-likeness (QED) is 0.684. The molecule has 3 aromatic rings. The van der Waals surface area contributed by atoms with Crippen molar-refractivity contribution in [2.75, 3.05) is 5.32 Å². The first-order valence-corrected chi connectivity index (χ1v) is 7.57. The van der Waals surface area contributed by atoms with Gasteiger partial charge in [-0.15, -0.1) is 11.3 Å². The molecule has 23 heavy (non-hydrogen) atoms. The predicted octanol–water partition coefficient (Wildman–Crippen LogP) is 5.22. The van der Waals surface area contributed by atoms with E-state index in [1.165, 1.54) is 12.1 Å². The van der Waals surface area contributed by atoms with Crippen LogP contribution >= 0.6 is 22.9 Å². The molecule has 0 saturated carbocycles. The van der Waals surface area contributed by atoms with Crippen LogP contribution in [0.3, 0.4) is 0 Å². The van der Waals surface area contributed by atoms with Gasteiger partial charge in [0.05, 0.1) is 15.8 Å². The summed E-state index contributed by atoms with van der Waals surface area (Å²) in [5.74, 6) is -0.568. The minimum absolute atomic E-state index is 0.0575. The topological polar surface area (TPSA) is 42.0 Å². The van der Waals surface area contributed by atoms with Crippen LogP contribution in [-0.4, -0.2) is 10.9 Å². The van der Waals surface area contributed by atoms with Crippen molar-refractivity contribution in [3.8, 4) is 0 Å². The molecule has 0 saturated heterocycles. The molecular weight excluding hydrogens is 349 g/mol. The largest absolute Gasteiger partial charge is 0.416 e. The molecule has 3 rings (SSSR count). The van der Waals surface area contributed by atoms with Gasteiger partial charge in [-0.25, -0.2) is 4.98 Å². The number of hydrogen-bond acceptors (Lipinski definition) is 3. The third kappa shape index (κ3) is 3.46. The number of carbonyl (C=O) groups is 1. The van der Waals surface area contributed by atoms with Gasteiger partial charge >= 0.3 is 6.18 Å². The maximum Gasteiger partial charge on any atom is 0.416 e. The van der Waals surface area contributed by atoms with E-state index in [1.54, 1.807) is 18.2 Å². The van der Waals surface area contributed by atoms with Gasteiger partial charge in [0, 0.05) is 10.7 Å². The molecule has 0 aliphatic carbocycles. The molecule has 1 N–H and O–H groups in total. The van der Waals surface area contributed by atoms with E-state index in [-0.39, 0.29) is 10.7 Å². The maximum absolute atomic E-state index is 12.7. The van der Waals surface area contributed by atoms with Crippen LogP contribution in [0.15, 0.2) is 42.5 Å². The highest BCUT2D eigenvalue weighted by atomic mass is 35.5. The van der Waals surface area contributed by atoms with Crippen LogP contribution in [0.2, 0.25) is 5.02 Å². The number of amides is 1. The number of rotatable bonds is 2. The van der Waals surface area contributed by atoms with Crippen molar-refractivity contribution in [1.82, 2.24) is 4.98 Å². The molecule has 0 atom stereocenters. The summed E-state index contributed by atoms with van der Waals surface area (Å²) in [5, 5.41) is 3.07. The fourth-order valence-electron chi connectivity index (χ4n) is 1.96. The Bertz CT molecular complexity index is 892. The third-order valence-corrected chi connectivity index (χ3v) is 4.26. The van der Waals surface area contributed by atoms with Crippen molar-refractivity contribution in [2.45, 2.75) is 6.18 Å². The molecule has 0 radical (unpaired) electrons. The van der Waals surface area contributed by atoms with Crippen LogP contribution in [-0.2, 0) is 6.18 Å². The Morgan fingerprint density at radius 3 is 2.70 bits per heavy atom. The van der Waals surface area contributed by atoms with Gasteiger partial charge in [-0.05, 0) is 36.4 Å². The van der Waals surface area contributed by atoms with Gasteiger partial charge in [0.15, 0.2) is 5.01 Å². The summed E-state index contributed by atoms with van der Waals surface area (Å²) in [6.07, 6.45) is -4.46. The van der Waals surface area contributed by atoms with Gasteiger partial charge in [-0.1, -0.05) is 17.7 Å². The van der Waals surface area contributed by atoms with Crippen molar-refractivity contribution in [2.24, 2.45) is 0 Å². The van der Waals surface area contributed by atoms with Gasteiger partial charge in [0.25, 0.3) is 5.91 Å². The molecule has 3 nitrogen and oxygen atoms in total. The first-order chi connectivity index (χ1) is 10.8. The lowest BCUT2D eigenvalue weighted by molar-refractivity contribution is -0.137. The number of benzene rings is 2. The van der Waals surface area contributed by atoms with E-state index in [0.717, 1.165) is 28.2 Å². The summed E-state index contributed by atoms with van der Waals surface area (Å²) in [6, 6.07) is 9.46. The summed E-state index contributed by atoms with van der Waals surface area (Å²) in [4.78, 5) is 16.3. The molecule has 0 fully saturated rings. The molecule has 0 spiro atoms. The molecule has 8 heteroatoms. The highest BCUT2D eigenvalue weighted by Gasteiger charge is 2.30. The summed E-state index contributed by atoms with van der Waals surface area (Å²) in [6.45, 7) is 0. The molecule has 1 amide bonds. The van der Waals surface area contributed by atoms with Gasteiger partial charge in [-0.2, -0.15) is 13.2 Å². The molecular formula is C15H8ClF3N2OS. The van der Waals surface area contributed by atoms with E-state index >= 15 is 0 Å². The van der Waals surface area contributed by atoms with E-state index < -0.39 is 17.6 Å². The van der Waals surface area contributed by atoms with Crippen molar-refractivity contribution >= 4 is 44.7 Å². The number of hydrogen-bond donors (Lipinski definition) is 1. The number of aromatic nitrogens is 1. The maximum atomic E-state index is 12.7. The van der Waals surface area contributed by atoms with Crippen LogP contribution in [0, 0.1) is 0 Å². The normalized spacial score (nSPS) is 11.7. The number of alkyl halides is 3. The van der Waals surface area contributed by atoms with Gasteiger partial charge in [-0.3, -0.25) is 4.79 Å². The number of carbonyl (C=O) groups excluding carboxylic acids is 1. The van der Waals surface area contributed by atoms with E-state index in [4.69, 9.17) is 11.6 Å². The summed E-state index contributed by atoms with van der Waals surface area (Å²) >= 11 is 6.99. The van der Waals surface area contributed by atoms with Crippen molar-refractivity contribution in [3.05, 3.63) is 58.1 Å². The van der Waals surface area contributed by atoms with E-state index in [9.17, 15) is 18.0 Å². The van der Waals surface area contributed by atoms with Crippen molar-refractivity contribution in [3.63, 3.8) is 0 Å². The molecule has 2 aromatic carbocycles. The van der Waals surface area contributed by atoms with Gasteiger partial charge in [0.1, 0.15) is 0 Å². The van der Waals surface area contributed by atoms with E-state index in [2.05, 4.69) is 10.3 Å². The van der Waals surface area contributed by atoms with E-state index in [1.807, 2.05) is 0 Å². The second-order valence-corrected chi connectivity index (χ2v) is 6.13. The Balaban J connectivity index is 1.86. The smallest absolute Gasteiger partial charge is 0.320 e. The zero-order valence-corrected chi connectivity index (χ0v) is 12.9. The third-order valence-electron chi connectivity index (χ3n) is 2.99. The summed E-state index contributed by atoms with van der Waals surface area (Å²) in [5.41, 5.74) is -0.204. The molecule has 0 aliphatic heterocycles. The Labute approximate surface area is 137 Å². The van der Waals surface area contributed by atoms with Crippen LogP contribution in [0.25, 0.3) is 10.2 Å². The fraction of sp³-hybridized carbons (Fsp3) is 0.0667. The Hall–Kier alpha value is -2.12. The molecule has 0 unspecified atom stereocenters. The van der Waals surface area contributed by atoms with Gasteiger partial charge < -0.3 is 5.32 Å². The number of anilines is 1. The molecule has 1 heterocycles. The van der Waals surface area contributed by atoms with Crippen molar-refractivity contribution < 1.29 is 18.0 Å². The lowest BCUT2D eigenvalue weighted by Crippen LogP contribution is -2.12. The summed E-state index contributed by atoms with van der Waals surface area (Å²) < 4.78 is 38.8. The Kier molecular flexibility index (Phi) is 3.99. The SMILES string of the molecule is O=C(Nc1cccc(C(F)(F)F)c1)c1nc2cc(Cl)ccc2s1. The zero-order chi connectivity index (χ0) is 16.6. The molecule has 0 bridgehead atoms. The van der Waals surface area contributed by atoms with E-state index in [0.29, 0.717) is 10.5 Å². The number of fused-ring (bicyclic) bond motifs is 1. The minimum Gasteiger partial charge on any atom is -0.320 e. The average molecular weight is 357 g/mol. The number of nitrogens with zero attached hydrogens (tertiary/aromatic N) is 1.